The lowest BCUT2D eigenvalue weighted by Crippen LogP contribution is -2.44. The molecule has 0 unspecified atom stereocenters. The van der Waals surface area contributed by atoms with E-state index in [0.717, 1.165) is 24.9 Å². The van der Waals surface area contributed by atoms with Crippen LogP contribution in [0.1, 0.15) is 219 Å². The molecule has 0 aliphatic rings. The van der Waals surface area contributed by atoms with Crippen LogP contribution < -0.4 is 0 Å². The van der Waals surface area contributed by atoms with Crippen LogP contribution in [-0.4, -0.2) is 48.1 Å². The molecule has 0 N–H and O–H groups in total. The second-order valence-corrected chi connectivity index (χ2v) is 26.3. The standard InChI is InChI=1S/C42H90O6P2Si/c1-7-9-11-13-15-17-19-21-23-25-27-29-31-33-35-37-39-51(41-49(43,45-3)46-4,42-50(44,47-5)48-6)40-38-36-34-32-30-28-26-24-22-20-18-16-14-12-10-8-2/h7-42H2,1-6H3. The van der Waals surface area contributed by atoms with Gasteiger partial charge in [-0.15, -0.1) is 0 Å². The van der Waals surface area contributed by atoms with Gasteiger partial charge in [-0.1, -0.05) is 231 Å². The van der Waals surface area contributed by atoms with Crippen LogP contribution in [0.5, 0.6) is 0 Å². The number of hydrogen-bond acceptors (Lipinski definition) is 6. The van der Waals surface area contributed by atoms with Crippen molar-refractivity contribution in [2.75, 3.05) is 40.0 Å². The van der Waals surface area contributed by atoms with Crippen LogP contribution in [0.4, 0.5) is 0 Å². The minimum absolute atomic E-state index is 0.390. The molecule has 0 bridgehead atoms. The Bertz CT molecular complexity index is 747. The second kappa shape index (κ2) is 36.2. The molecule has 6 nitrogen and oxygen atoms in total. The molecule has 0 aromatic heterocycles. The molecule has 0 aliphatic heterocycles. The highest BCUT2D eigenvalue weighted by atomic mass is 31.2. The molecule has 0 saturated heterocycles. The van der Waals surface area contributed by atoms with Crippen molar-refractivity contribution in [3.8, 4) is 0 Å². The summed E-state index contributed by atoms with van der Waals surface area (Å²) in [6.07, 6.45) is 42.9. The van der Waals surface area contributed by atoms with Crippen molar-refractivity contribution < 1.29 is 27.2 Å². The van der Waals surface area contributed by atoms with Crippen molar-refractivity contribution in [2.45, 2.75) is 231 Å². The van der Waals surface area contributed by atoms with Crippen LogP contribution >= 0.6 is 15.2 Å². The maximum Gasteiger partial charge on any atom is 0.327 e. The molecule has 51 heavy (non-hydrogen) atoms. The minimum Gasteiger partial charge on any atom is -0.312 e. The smallest absolute Gasteiger partial charge is 0.312 e. The first-order valence-corrected chi connectivity index (χ1v) is 28.5. The molecule has 0 heterocycles. The van der Waals surface area contributed by atoms with E-state index in [9.17, 15) is 9.13 Å². The summed E-state index contributed by atoms with van der Waals surface area (Å²) in [6, 6.07) is 1.94. The lowest BCUT2D eigenvalue weighted by molar-refractivity contribution is 0.278. The molecule has 0 rings (SSSR count). The van der Waals surface area contributed by atoms with Gasteiger partial charge in [-0.2, -0.15) is 0 Å². The van der Waals surface area contributed by atoms with Crippen LogP contribution in [0, 0.1) is 0 Å². The van der Waals surface area contributed by atoms with E-state index in [0.29, 0.717) is 11.6 Å². The average Bonchev–Trinajstić information content (AvgIpc) is 3.14. The zero-order chi connectivity index (χ0) is 37.8. The van der Waals surface area contributed by atoms with Gasteiger partial charge in [-0.3, -0.25) is 9.13 Å². The highest BCUT2D eigenvalue weighted by Crippen LogP contribution is 2.56. The first kappa shape index (κ1) is 51.5. The van der Waals surface area contributed by atoms with Gasteiger partial charge in [-0.05, 0) is 0 Å². The Morgan fingerprint density at radius 3 is 0.667 bits per heavy atom. The van der Waals surface area contributed by atoms with Crippen LogP contribution in [0.3, 0.4) is 0 Å². The van der Waals surface area contributed by atoms with E-state index in [2.05, 4.69) is 13.8 Å². The van der Waals surface area contributed by atoms with E-state index >= 15 is 0 Å². The summed E-state index contributed by atoms with van der Waals surface area (Å²) in [5, 5.41) is 0. The lowest BCUT2D eigenvalue weighted by Gasteiger charge is -2.35. The van der Waals surface area contributed by atoms with Crippen molar-refractivity contribution in [3.63, 3.8) is 0 Å². The maximum absolute atomic E-state index is 13.6. The third kappa shape index (κ3) is 30.4. The third-order valence-electron chi connectivity index (χ3n) is 11.3. The topological polar surface area (TPSA) is 71.1 Å². The summed E-state index contributed by atoms with van der Waals surface area (Å²) in [5.74, 6) is 0.780. The summed E-state index contributed by atoms with van der Waals surface area (Å²) in [7, 11) is -2.98. The summed E-state index contributed by atoms with van der Waals surface area (Å²) < 4.78 is 49.1. The maximum atomic E-state index is 13.6. The van der Waals surface area contributed by atoms with E-state index in [4.69, 9.17) is 18.1 Å². The van der Waals surface area contributed by atoms with Crippen molar-refractivity contribution in [1.29, 1.82) is 0 Å². The van der Waals surface area contributed by atoms with Crippen molar-refractivity contribution in [2.24, 2.45) is 0 Å². The second-order valence-electron chi connectivity index (χ2n) is 15.9. The van der Waals surface area contributed by atoms with Crippen molar-refractivity contribution in [1.82, 2.24) is 0 Å². The van der Waals surface area contributed by atoms with Crippen LogP contribution in [0.2, 0.25) is 12.1 Å². The summed E-state index contributed by atoms with van der Waals surface area (Å²) in [6.45, 7) is 4.57. The van der Waals surface area contributed by atoms with E-state index in [1.807, 2.05) is 0 Å². The molecular formula is C42H90O6P2Si. The Morgan fingerprint density at radius 2 is 0.490 bits per heavy atom. The minimum atomic E-state index is -3.26. The molecular weight excluding hydrogens is 690 g/mol. The Kier molecular flexibility index (Phi) is 36.5. The van der Waals surface area contributed by atoms with Gasteiger partial charge in [0.2, 0.25) is 0 Å². The Labute approximate surface area is 320 Å². The summed E-state index contributed by atoms with van der Waals surface area (Å²) >= 11 is 0. The summed E-state index contributed by atoms with van der Waals surface area (Å²) in [4.78, 5) is 0. The average molecular weight is 781 g/mol. The molecule has 0 aliphatic carbocycles. The fraction of sp³-hybridized carbons (Fsp3) is 1.00. The van der Waals surface area contributed by atoms with Gasteiger partial charge in [0.15, 0.2) is 0 Å². The Balaban J connectivity index is 4.64. The van der Waals surface area contributed by atoms with E-state index in [1.165, 1.54) is 221 Å². The van der Waals surface area contributed by atoms with Gasteiger partial charge in [-0.25, -0.2) is 0 Å². The number of rotatable bonds is 42. The monoisotopic (exact) mass is 781 g/mol. The molecule has 0 spiro atoms. The van der Waals surface area contributed by atoms with Gasteiger partial charge in [0.1, 0.15) is 0 Å². The largest absolute Gasteiger partial charge is 0.327 e. The predicted molar refractivity (Wildman–Crippen MR) is 227 cm³/mol. The molecule has 9 heteroatoms. The molecule has 308 valence electrons. The normalized spacial score (nSPS) is 12.7. The summed E-state index contributed by atoms with van der Waals surface area (Å²) in [5.41, 5.74) is 0. The molecule has 0 atom stereocenters. The molecule has 0 amide bonds. The number of hydrogen-bond donors (Lipinski definition) is 0. The van der Waals surface area contributed by atoms with E-state index in [-0.39, 0.29) is 0 Å². The van der Waals surface area contributed by atoms with Gasteiger partial charge >= 0.3 is 15.2 Å². The molecule has 0 fully saturated rings. The Morgan fingerprint density at radius 1 is 0.314 bits per heavy atom. The molecule has 0 saturated carbocycles. The molecule has 0 radical (unpaired) electrons. The quantitative estimate of drug-likeness (QED) is 0.0349. The van der Waals surface area contributed by atoms with Crippen LogP contribution in [0.25, 0.3) is 0 Å². The molecule has 0 aromatic carbocycles. The van der Waals surface area contributed by atoms with Gasteiger partial charge in [0.25, 0.3) is 0 Å². The van der Waals surface area contributed by atoms with Crippen molar-refractivity contribution in [3.05, 3.63) is 0 Å². The fourth-order valence-electron chi connectivity index (χ4n) is 7.82. The molecule has 0 aromatic rings. The lowest BCUT2D eigenvalue weighted by atomic mass is 10.0. The SMILES string of the molecule is CCCCCCCCCCCCCCCCCC[Si](CCCCCCCCCCCCCCCCCC)(CP(=O)(OC)OC)CP(=O)(OC)OC. The predicted octanol–water partition coefficient (Wildman–Crippen LogP) is 16.0. The van der Waals surface area contributed by atoms with E-state index in [1.54, 1.807) is 0 Å². The fourth-order valence-corrected chi connectivity index (χ4v) is 22.8. The van der Waals surface area contributed by atoms with E-state index < -0.39 is 23.3 Å². The van der Waals surface area contributed by atoms with Gasteiger partial charge in [0, 0.05) is 40.0 Å². The van der Waals surface area contributed by atoms with Crippen LogP contribution in [0.15, 0.2) is 0 Å². The van der Waals surface area contributed by atoms with Crippen LogP contribution in [-0.2, 0) is 27.2 Å². The first-order valence-electron chi connectivity index (χ1n) is 22.2. The third-order valence-corrected chi connectivity index (χ3v) is 24.8. The zero-order valence-corrected chi connectivity index (χ0v) is 38.1. The van der Waals surface area contributed by atoms with Gasteiger partial charge in [0.05, 0.1) is 8.07 Å². The zero-order valence-electron chi connectivity index (χ0n) is 35.3. The Hall–Kier alpha value is 0.517. The highest BCUT2D eigenvalue weighted by molar-refractivity contribution is 7.60. The highest BCUT2D eigenvalue weighted by Gasteiger charge is 2.46. The van der Waals surface area contributed by atoms with Crippen molar-refractivity contribution >= 4 is 23.3 Å². The number of unbranched alkanes of at least 4 members (excludes halogenated alkanes) is 30. The van der Waals surface area contributed by atoms with Gasteiger partial charge < -0.3 is 18.1 Å². The first-order chi connectivity index (χ1) is 24.8.